The van der Waals surface area contributed by atoms with Gasteiger partial charge in [-0.05, 0) is 69.9 Å². The van der Waals surface area contributed by atoms with Crippen LogP contribution in [0, 0.1) is 0 Å². The van der Waals surface area contributed by atoms with Crippen molar-refractivity contribution < 1.29 is 14.3 Å². The molecule has 1 aliphatic rings. The number of hydrazone groups is 1. The van der Waals surface area contributed by atoms with Crippen LogP contribution in [0.5, 0.6) is 11.5 Å². The molecule has 4 aromatic carbocycles. The minimum absolute atomic E-state index is 0.0921. The van der Waals surface area contributed by atoms with Crippen LogP contribution in [0.4, 0.5) is 0 Å². The Bertz CT molecular complexity index is 1340. The van der Waals surface area contributed by atoms with Crippen LogP contribution in [0.3, 0.4) is 0 Å². The third-order valence-corrected chi connectivity index (χ3v) is 8.75. The Balaban J connectivity index is 1.05. The molecule has 1 heterocycles. The van der Waals surface area contributed by atoms with Gasteiger partial charge >= 0.3 is 0 Å². The van der Waals surface area contributed by atoms with Gasteiger partial charge in [0.15, 0.2) is 6.61 Å². The lowest BCUT2D eigenvalue weighted by Crippen LogP contribution is -2.24. The number of benzene rings is 4. The summed E-state index contributed by atoms with van der Waals surface area (Å²) in [6.07, 6.45) is 1.59. The van der Waals surface area contributed by atoms with Crippen LogP contribution in [0.15, 0.2) is 96.1 Å². The van der Waals surface area contributed by atoms with Gasteiger partial charge in [0, 0.05) is 11.5 Å². The summed E-state index contributed by atoms with van der Waals surface area (Å²) in [5.41, 5.74) is 5.76. The summed E-state index contributed by atoms with van der Waals surface area (Å²) in [6, 6.07) is 30.1. The van der Waals surface area contributed by atoms with Crippen LogP contribution in [-0.2, 0) is 11.4 Å². The normalized spacial score (nSPS) is 13.8. The molecule has 5 rings (SSSR count). The van der Waals surface area contributed by atoms with Gasteiger partial charge < -0.3 is 9.47 Å². The van der Waals surface area contributed by atoms with Crippen molar-refractivity contribution in [2.45, 2.75) is 11.2 Å². The van der Waals surface area contributed by atoms with E-state index in [2.05, 4.69) is 53.0 Å². The van der Waals surface area contributed by atoms with Crippen molar-refractivity contribution in [2.24, 2.45) is 5.10 Å². The first-order valence-electron chi connectivity index (χ1n) is 11.7. The second-order valence-electron chi connectivity index (χ2n) is 8.26. The summed E-state index contributed by atoms with van der Waals surface area (Å²) in [6.45, 7) is 0.403. The van der Waals surface area contributed by atoms with Gasteiger partial charge in [-0.2, -0.15) is 5.10 Å². The quantitative estimate of drug-likeness (QED) is 0.206. The molecule has 0 aliphatic carbocycles. The lowest BCUT2D eigenvalue weighted by molar-refractivity contribution is -0.123. The van der Waals surface area contributed by atoms with E-state index in [1.807, 2.05) is 72.1 Å². The number of hydrogen-bond donors (Lipinski definition) is 1. The Kier molecular flexibility index (Phi) is 8.10. The van der Waals surface area contributed by atoms with Crippen LogP contribution in [-0.4, -0.2) is 30.2 Å². The molecule has 0 saturated carbocycles. The van der Waals surface area contributed by atoms with Crippen molar-refractivity contribution in [3.8, 4) is 11.5 Å². The fourth-order valence-electron chi connectivity index (χ4n) is 3.78. The number of nitrogens with one attached hydrogen (secondary N) is 1. The number of thioether (sulfide) groups is 2. The van der Waals surface area contributed by atoms with E-state index in [0.29, 0.717) is 16.9 Å². The molecule has 0 atom stereocenters. The molecule has 0 radical (unpaired) electrons. The molecule has 0 spiro atoms. The molecule has 0 aromatic heterocycles. The molecule has 0 bridgehead atoms. The summed E-state index contributed by atoms with van der Waals surface area (Å²) in [4.78, 5) is 12.1. The zero-order valence-corrected chi connectivity index (χ0v) is 21.3. The van der Waals surface area contributed by atoms with Crippen LogP contribution >= 0.6 is 23.5 Å². The van der Waals surface area contributed by atoms with Crippen molar-refractivity contribution in [1.82, 2.24) is 5.43 Å². The van der Waals surface area contributed by atoms with Gasteiger partial charge in [-0.1, -0.05) is 48.5 Å². The van der Waals surface area contributed by atoms with Gasteiger partial charge in [0.05, 0.1) is 10.8 Å². The number of rotatable bonds is 9. The maximum atomic E-state index is 12.1. The number of fused-ring (bicyclic) bond motifs is 1. The highest BCUT2D eigenvalue weighted by molar-refractivity contribution is 8.19. The molecular formula is C29H26N2O3S2. The third kappa shape index (κ3) is 6.62. The lowest BCUT2D eigenvalue weighted by Gasteiger charge is -2.10. The lowest BCUT2D eigenvalue weighted by atomic mass is 10.1. The molecule has 1 fully saturated rings. The second kappa shape index (κ2) is 12.0. The predicted molar refractivity (Wildman–Crippen MR) is 150 cm³/mol. The van der Waals surface area contributed by atoms with Crippen LogP contribution in [0.2, 0.25) is 0 Å². The Morgan fingerprint density at radius 1 is 0.861 bits per heavy atom. The predicted octanol–water partition coefficient (Wildman–Crippen LogP) is 6.43. The third-order valence-electron chi connectivity index (χ3n) is 5.65. The van der Waals surface area contributed by atoms with E-state index in [9.17, 15) is 4.79 Å². The number of hydrogen-bond acceptors (Lipinski definition) is 6. The smallest absolute Gasteiger partial charge is 0.277 e. The fourth-order valence-corrected chi connectivity index (χ4v) is 6.64. The summed E-state index contributed by atoms with van der Waals surface area (Å²) in [5.74, 6) is 3.52. The van der Waals surface area contributed by atoms with Crippen molar-refractivity contribution in [3.05, 3.63) is 108 Å². The van der Waals surface area contributed by atoms with Crippen LogP contribution in [0.25, 0.3) is 10.8 Å². The molecule has 182 valence electrons. The van der Waals surface area contributed by atoms with Crippen LogP contribution in [0.1, 0.15) is 21.3 Å². The van der Waals surface area contributed by atoms with E-state index in [1.165, 1.54) is 27.8 Å². The van der Waals surface area contributed by atoms with E-state index in [-0.39, 0.29) is 12.5 Å². The molecule has 7 heteroatoms. The number of amides is 1. The van der Waals surface area contributed by atoms with E-state index in [1.54, 1.807) is 6.21 Å². The molecule has 1 aliphatic heterocycles. The van der Waals surface area contributed by atoms with Gasteiger partial charge in [-0.25, -0.2) is 5.43 Å². The molecule has 36 heavy (non-hydrogen) atoms. The highest BCUT2D eigenvalue weighted by Crippen LogP contribution is 2.45. The number of carbonyl (C=O) groups excluding carboxylic acids is 1. The topological polar surface area (TPSA) is 59.9 Å². The molecule has 1 saturated heterocycles. The number of ether oxygens (including phenoxy) is 2. The average molecular weight is 515 g/mol. The maximum absolute atomic E-state index is 12.1. The Morgan fingerprint density at radius 3 is 2.33 bits per heavy atom. The van der Waals surface area contributed by atoms with E-state index >= 15 is 0 Å². The molecule has 4 aromatic rings. The SMILES string of the molecule is O=C(COc1ccc(C2SCCS2)cc1)N/N=C\c1ccc(OCc2ccc3ccccc3c2)cc1. The van der Waals surface area contributed by atoms with Gasteiger partial charge in [0.1, 0.15) is 18.1 Å². The summed E-state index contributed by atoms with van der Waals surface area (Å²) in [5, 5.41) is 6.44. The molecule has 1 amide bonds. The van der Waals surface area contributed by atoms with Gasteiger partial charge in [0.2, 0.25) is 0 Å². The minimum atomic E-state index is -0.312. The van der Waals surface area contributed by atoms with Gasteiger partial charge in [-0.15, -0.1) is 23.5 Å². The summed E-state index contributed by atoms with van der Waals surface area (Å²) < 4.78 is 12.0. The van der Waals surface area contributed by atoms with Gasteiger partial charge in [-0.3, -0.25) is 4.79 Å². The highest BCUT2D eigenvalue weighted by Gasteiger charge is 2.18. The number of nitrogens with zero attached hydrogens (tertiary/aromatic N) is 1. The molecule has 1 N–H and O–H groups in total. The van der Waals surface area contributed by atoms with Crippen molar-refractivity contribution >= 4 is 46.4 Å². The van der Waals surface area contributed by atoms with E-state index in [4.69, 9.17) is 9.47 Å². The highest BCUT2D eigenvalue weighted by atomic mass is 32.2. The zero-order valence-electron chi connectivity index (χ0n) is 19.6. The number of carbonyl (C=O) groups is 1. The summed E-state index contributed by atoms with van der Waals surface area (Å²) in [7, 11) is 0. The first kappa shape index (κ1) is 24.3. The fraction of sp³-hybridized carbons (Fsp3) is 0.172. The standard InChI is InChI=1S/C29H26N2O3S2/c32-28(20-34-27-13-9-24(10-14-27)29-35-15-16-36-29)31-30-18-21-6-11-26(12-7-21)33-19-22-5-8-23-3-1-2-4-25(23)17-22/h1-14,17-18,29H,15-16,19-20H2,(H,31,32)/b30-18-. The van der Waals surface area contributed by atoms with E-state index in [0.717, 1.165) is 16.9 Å². The van der Waals surface area contributed by atoms with Crippen molar-refractivity contribution in [1.29, 1.82) is 0 Å². The van der Waals surface area contributed by atoms with Crippen molar-refractivity contribution in [3.63, 3.8) is 0 Å². The zero-order chi connectivity index (χ0) is 24.6. The largest absolute Gasteiger partial charge is 0.489 e. The molecule has 0 unspecified atom stereocenters. The Morgan fingerprint density at radius 2 is 1.56 bits per heavy atom. The van der Waals surface area contributed by atoms with Gasteiger partial charge in [0.25, 0.3) is 5.91 Å². The average Bonchev–Trinajstić information content (AvgIpc) is 3.47. The molecule has 5 nitrogen and oxygen atoms in total. The summed E-state index contributed by atoms with van der Waals surface area (Å²) >= 11 is 3.93. The van der Waals surface area contributed by atoms with Crippen LogP contribution < -0.4 is 14.9 Å². The van der Waals surface area contributed by atoms with Crippen molar-refractivity contribution in [2.75, 3.05) is 18.1 Å². The first-order valence-corrected chi connectivity index (χ1v) is 13.8. The van der Waals surface area contributed by atoms with E-state index < -0.39 is 0 Å². The monoisotopic (exact) mass is 514 g/mol. The Labute approximate surface area is 219 Å². The maximum Gasteiger partial charge on any atom is 0.277 e. The minimum Gasteiger partial charge on any atom is -0.489 e. The Hall–Kier alpha value is -3.42. The second-order valence-corrected chi connectivity index (χ2v) is 11.0. The first-order chi connectivity index (χ1) is 17.7. The molecular weight excluding hydrogens is 488 g/mol.